The standard InChI is InChI=1S/C20H22N4O7/c1-13-7-9-20(10-8-13)18(27)23(19(28)21-20)22-16(25)12-31-17(26)6-5-14-3-2-4-15(11-14)24(29)30/h2-6,11,13H,7-10,12H2,1H3,(H,21,28)(H,22,25)/b6-5+. The van der Waals surface area contributed by atoms with E-state index in [9.17, 15) is 29.3 Å². The van der Waals surface area contributed by atoms with Crippen molar-refractivity contribution < 1.29 is 28.8 Å². The van der Waals surface area contributed by atoms with Crippen LogP contribution in [0.15, 0.2) is 30.3 Å². The minimum Gasteiger partial charge on any atom is -0.452 e. The minimum atomic E-state index is -0.991. The first-order valence-corrected chi connectivity index (χ1v) is 9.76. The molecule has 0 unspecified atom stereocenters. The second-order valence-electron chi connectivity index (χ2n) is 7.66. The van der Waals surface area contributed by atoms with Crippen molar-refractivity contribution in [1.29, 1.82) is 0 Å². The van der Waals surface area contributed by atoms with Gasteiger partial charge in [0.1, 0.15) is 5.54 Å². The number of nitro benzene ring substituents is 1. The molecule has 0 bridgehead atoms. The number of ether oxygens (including phenoxy) is 1. The van der Waals surface area contributed by atoms with E-state index in [1.807, 2.05) is 0 Å². The van der Waals surface area contributed by atoms with Gasteiger partial charge in [-0.1, -0.05) is 19.1 Å². The zero-order valence-corrected chi connectivity index (χ0v) is 16.8. The number of nitrogens with one attached hydrogen (secondary N) is 2. The largest absolute Gasteiger partial charge is 0.452 e. The molecule has 2 aliphatic rings. The van der Waals surface area contributed by atoms with Crippen LogP contribution in [0.1, 0.15) is 38.2 Å². The van der Waals surface area contributed by atoms with Crippen molar-refractivity contribution in [3.63, 3.8) is 0 Å². The molecule has 11 heteroatoms. The number of imide groups is 1. The second kappa shape index (κ2) is 8.94. The Labute approximate surface area is 177 Å². The Bertz CT molecular complexity index is 951. The maximum atomic E-state index is 12.7. The molecule has 1 aromatic rings. The summed E-state index contributed by atoms with van der Waals surface area (Å²) in [7, 11) is 0. The summed E-state index contributed by atoms with van der Waals surface area (Å²) >= 11 is 0. The lowest BCUT2D eigenvalue weighted by molar-refractivity contribution is -0.384. The molecule has 1 saturated carbocycles. The topological polar surface area (TPSA) is 148 Å². The molecular formula is C20H22N4O7. The highest BCUT2D eigenvalue weighted by Crippen LogP contribution is 2.35. The first kappa shape index (κ1) is 21.9. The van der Waals surface area contributed by atoms with Gasteiger partial charge in [0, 0.05) is 18.2 Å². The van der Waals surface area contributed by atoms with Gasteiger partial charge in [-0.25, -0.2) is 9.59 Å². The van der Waals surface area contributed by atoms with Crippen LogP contribution in [0.25, 0.3) is 6.08 Å². The van der Waals surface area contributed by atoms with Gasteiger partial charge in [0.05, 0.1) is 4.92 Å². The molecule has 1 aliphatic heterocycles. The number of carbonyl (C=O) groups is 4. The van der Waals surface area contributed by atoms with Crippen molar-refractivity contribution in [3.8, 4) is 0 Å². The number of urea groups is 1. The third-order valence-corrected chi connectivity index (χ3v) is 5.36. The highest BCUT2D eigenvalue weighted by atomic mass is 16.6. The van der Waals surface area contributed by atoms with Crippen LogP contribution in [-0.2, 0) is 19.1 Å². The molecule has 11 nitrogen and oxygen atoms in total. The van der Waals surface area contributed by atoms with Crippen LogP contribution in [-0.4, -0.2) is 45.9 Å². The molecule has 0 radical (unpaired) electrons. The lowest BCUT2D eigenvalue weighted by atomic mass is 9.77. The predicted octanol–water partition coefficient (Wildman–Crippen LogP) is 1.68. The van der Waals surface area contributed by atoms with Crippen molar-refractivity contribution >= 4 is 35.6 Å². The van der Waals surface area contributed by atoms with Gasteiger partial charge >= 0.3 is 12.0 Å². The summed E-state index contributed by atoms with van der Waals surface area (Å²) in [5, 5.41) is 14.1. The molecule has 0 aromatic heterocycles. The Morgan fingerprint density at radius 2 is 2.06 bits per heavy atom. The molecule has 164 valence electrons. The number of hydrogen-bond acceptors (Lipinski definition) is 7. The normalized spacial score (nSPS) is 23.1. The smallest absolute Gasteiger partial charge is 0.344 e. The molecule has 0 atom stereocenters. The zero-order chi connectivity index (χ0) is 22.6. The number of non-ortho nitro benzene ring substituents is 1. The highest BCUT2D eigenvalue weighted by Gasteiger charge is 2.52. The van der Waals surface area contributed by atoms with E-state index in [1.165, 1.54) is 24.3 Å². The minimum absolute atomic E-state index is 0.131. The van der Waals surface area contributed by atoms with Crippen LogP contribution in [0.5, 0.6) is 0 Å². The summed E-state index contributed by atoms with van der Waals surface area (Å²) in [6.07, 6.45) is 4.91. The number of hydrogen-bond donors (Lipinski definition) is 2. The fourth-order valence-corrected chi connectivity index (χ4v) is 3.56. The third-order valence-electron chi connectivity index (χ3n) is 5.36. The molecule has 31 heavy (non-hydrogen) atoms. The monoisotopic (exact) mass is 430 g/mol. The SMILES string of the molecule is CC1CCC2(CC1)NC(=O)N(NC(=O)COC(=O)/C=C/c1cccc([N+](=O)[O-])c1)C2=O. The van der Waals surface area contributed by atoms with Crippen LogP contribution < -0.4 is 10.7 Å². The molecular weight excluding hydrogens is 408 g/mol. The second-order valence-corrected chi connectivity index (χ2v) is 7.66. The van der Waals surface area contributed by atoms with E-state index in [-0.39, 0.29) is 5.69 Å². The summed E-state index contributed by atoms with van der Waals surface area (Å²) in [6, 6.07) is 4.89. The van der Waals surface area contributed by atoms with Crippen molar-refractivity contribution in [2.75, 3.05) is 6.61 Å². The Balaban J connectivity index is 1.50. The van der Waals surface area contributed by atoms with Crippen molar-refractivity contribution in [3.05, 3.63) is 46.0 Å². The van der Waals surface area contributed by atoms with E-state index in [4.69, 9.17) is 4.74 Å². The van der Waals surface area contributed by atoms with Gasteiger partial charge in [0.15, 0.2) is 6.61 Å². The van der Waals surface area contributed by atoms with Crippen molar-refractivity contribution in [1.82, 2.24) is 15.8 Å². The Hall–Kier alpha value is -3.76. The number of carbonyl (C=O) groups excluding carboxylic acids is 4. The Morgan fingerprint density at radius 3 is 2.74 bits per heavy atom. The van der Waals surface area contributed by atoms with E-state index < -0.39 is 40.9 Å². The van der Waals surface area contributed by atoms with E-state index in [1.54, 1.807) is 6.07 Å². The number of amides is 4. The van der Waals surface area contributed by atoms with Gasteiger partial charge in [-0.2, -0.15) is 5.01 Å². The molecule has 3 rings (SSSR count). The van der Waals surface area contributed by atoms with Crippen LogP contribution in [0.3, 0.4) is 0 Å². The maximum Gasteiger partial charge on any atom is 0.344 e. The molecule has 2 N–H and O–H groups in total. The number of nitro groups is 1. The van der Waals surface area contributed by atoms with E-state index in [0.29, 0.717) is 29.3 Å². The van der Waals surface area contributed by atoms with Gasteiger partial charge in [-0.05, 0) is 43.2 Å². The molecule has 1 saturated heterocycles. The van der Waals surface area contributed by atoms with Crippen molar-refractivity contribution in [2.24, 2.45) is 5.92 Å². The third kappa shape index (κ3) is 5.05. The molecule has 4 amide bonds. The zero-order valence-electron chi connectivity index (χ0n) is 16.8. The van der Waals surface area contributed by atoms with Crippen LogP contribution in [0.2, 0.25) is 0 Å². The fraction of sp³-hybridized carbons (Fsp3) is 0.400. The summed E-state index contributed by atoms with van der Waals surface area (Å²) in [4.78, 5) is 58.9. The van der Waals surface area contributed by atoms with Gasteiger partial charge in [0.25, 0.3) is 17.5 Å². The predicted molar refractivity (Wildman–Crippen MR) is 107 cm³/mol. The number of esters is 1. The molecule has 1 heterocycles. The lowest BCUT2D eigenvalue weighted by Crippen LogP contribution is -2.52. The quantitative estimate of drug-likeness (QED) is 0.229. The average molecular weight is 430 g/mol. The average Bonchev–Trinajstić information content (AvgIpc) is 2.97. The fourth-order valence-electron chi connectivity index (χ4n) is 3.56. The van der Waals surface area contributed by atoms with Crippen LogP contribution >= 0.6 is 0 Å². The number of benzene rings is 1. The van der Waals surface area contributed by atoms with Crippen molar-refractivity contribution in [2.45, 2.75) is 38.1 Å². The molecule has 2 fully saturated rings. The molecule has 1 spiro atoms. The summed E-state index contributed by atoms with van der Waals surface area (Å²) in [6.45, 7) is 1.37. The maximum absolute atomic E-state index is 12.7. The van der Waals surface area contributed by atoms with E-state index in [0.717, 1.165) is 18.9 Å². The van der Waals surface area contributed by atoms with Gasteiger partial charge in [0.2, 0.25) is 0 Å². The van der Waals surface area contributed by atoms with Crippen LogP contribution in [0, 0.1) is 16.0 Å². The van der Waals surface area contributed by atoms with E-state index >= 15 is 0 Å². The van der Waals surface area contributed by atoms with Gasteiger partial charge in [-0.15, -0.1) is 0 Å². The number of rotatable bonds is 6. The first-order chi connectivity index (χ1) is 14.7. The lowest BCUT2D eigenvalue weighted by Gasteiger charge is -2.33. The highest BCUT2D eigenvalue weighted by molar-refractivity contribution is 6.08. The van der Waals surface area contributed by atoms with Crippen LogP contribution in [0.4, 0.5) is 10.5 Å². The number of hydrazine groups is 1. The molecule has 1 aliphatic carbocycles. The van der Waals surface area contributed by atoms with E-state index in [2.05, 4.69) is 17.7 Å². The van der Waals surface area contributed by atoms with Gasteiger partial charge < -0.3 is 10.1 Å². The molecule has 1 aromatic carbocycles. The summed E-state index contributed by atoms with van der Waals surface area (Å²) in [5.41, 5.74) is 1.45. The number of nitrogens with zero attached hydrogens (tertiary/aromatic N) is 2. The first-order valence-electron chi connectivity index (χ1n) is 9.76. The van der Waals surface area contributed by atoms with Gasteiger partial charge in [-0.3, -0.25) is 25.1 Å². The summed E-state index contributed by atoms with van der Waals surface area (Å²) in [5.74, 6) is -1.76. The Morgan fingerprint density at radius 1 is 1.35 bits per heavy atom. The summed E-state index contributed by atoms with van der Waals surface area (Å²) < 4.78 is 4.79. The Kier molecular flexibility index (Phi) is 6.33.